The molecule has 1 saturated carbocycles. The first-order valence-corrected chi connectivity index (χ1v) is 7.53. The molecule has 1 heterocycles. The summed E-state index contributed by atoms with van der Waals surface area (Å²) in [6.07, 6.45) is 3.49. The van der Waals surface area contributed by atoms with E-state index in [4.69, 9.17) is 4.74 Å². The van der Waals surface area contributed by atoms with E-state index in [9.17, 15) is 14.7 Å². The molecule has 1 aliphatic heterocycles. The van der Waals surface area contributed by atoms with E-state index >= 15 is 0 Å². The number of aliphatic hydroxyl groups is 1. The van der Waals surface area contributed by atoms with E-state index in [1.807, 2.05) is 6.92 Å². The largest absolute Gasteiger partial charge is 0.441 e. The Labute approximate surface area is 119 Å². The molecule has 6 nitrogen and oxygen atoms in total. The summed E-state index contributed by atoms with van der Waals surface area (Å²) in [7, 11) is 0. The van der Waals surface area contributed by atoms with Crippen LogP contribution in [-0.4, -0.2) is 53.8 Å². The molecule has 0 aromatic heterocycles. The molecular formula is C14H24N2O4. The molecule has 2 atom stereocenters. The van der Waals surface area contributed by atoms with Gasteiger partial charge in [-0.25, -0.2) is 4.79 Å². The molecule has 2 N–H and O–H groups in total. The molecule has 0 unspecified atom stereocenters. The monoisotopic (exact) mass is 284 g/mol. The Morgan fingerprint density at radius 3 is 2.75 bits per heavy atom. The predicted molar refractivity (Wildman–Crippen MR) is 73.1 cm³/mol. The van der Waals surface area contributed by atoms with Crippen molar-refractivity contribution in [2.75, 3.05) is 19.6 Å². The summed E-state index contributed by atoms with van der Waals surface area (Å²) in [5, 5.41) is 12.7. The van der Waals surface area contributed by atoms with E-state index in [0.717, 1.165) is 12.8 Å². The van der Waals surface area contributed by atoms with Crippen molar-refractivity contribution in [3.05, 3.63) is 0 Å². The number of carbonyl (C=O) groups excluding carboxylic acids is 2. The van der Waals surface area contributed by atoms with Crippen LogP contribution in [0.15, 0.2) is 0 Å². The number of cyclic esters (lactones) is 1. The van der Waals surface area contributed by atoms with Gasteiger partial charge >= 0.3 is 6.09 Å². The quantitative estimate of drug-likeness (QED) is 0.785. The van der Waals surface area contributed by atoms with Crippen LogP contribution in [0.4, 0.5) is 4.79 Å². The van der Waals surface area contributed by atoms with Crippen molar-refractivity contribution in [3.8, 4) is 0 Å². The van der Waals surface area contributed by atoms with Crippen LogP contribution in [0, 0.1) is 5.92 Å². The van der Waals surface area contributed by atoms with Crippen LogP contribution in [0.3, 0.4) is 0 Å². The van der Waals surface area contributed by atoms with Crippen LogP contribution >= 0.6 is 0 Å². The molecule has 0 bridgehead atoms. The SMILES string of the molecule is CCN1C[C@@H]([C@@H](O)C(=O)NCC2CCCCC2)OC1=O. The van der Waals surface area contributed by atoms with Crippen molar-refractivity contribution in [1.29, 1.82) is 0 Å². The average molecular weight is 284 g/mol. The zero-order valence-corrected chi connectivity index (χ0v) is 12.0. The fraction of sp³-hybridized carbons (Fsp3) is 0.857. The van der Waals surface area contributed by atoms with Crippen molar-refractivity contribution in [3.63, 3.8) is 0 Å². The second-order valence-corrected chi connectivity index (χ2v) is 5.65. The number of hydrogen-bond acceptors (Lipinski definition) is 4. The number of amides is 2. The number of rotatable bonds is 5. The lowest BCUT2D eigenvalue weighted by Crippen LogP contribution is -2.45. The zero-order valence-electron chi connectivity index (χ0n) is 12.0. The number of nitrogens with one attached hydrogen (secondary N) is 1. The lowest BCUT2D eigenvalue weighted by Gasteiger charge is -2.23. The van der Waals surface area contributed by atoms with Gasteiger partial charge < -0.3 is 20.1 Å². The Morgan fingerprint density at radius 2 is 2.15 bits per heavy atom. The average Bonchev–Trinajstić information content (AvgIpc) is 2.86. The molecule has 1 aliphatic carbocycles. The second kappa shape index (κ2) is 6.92. The minimum absolute atomic E-state index is 0.271. The van der Waals surface area contributed by atoms with Crippen LogP contribution < -0.4 is 5.32 Å². The summed E-state index contributed by atoms with van der Waals surface area (Å²) in [4.78, 5) is 24.8. The van der Waals surface area contributed by atoms with E-state index in [0.29, 0.717) is 19.0 Å². The Bertz CT molecular complexity index is 355. The van der Waals surface area contributed by atoms with Gasteiger partial charge in [0.1, 0.15) is 0 Å². The lowest BCUT2D eigenvalue weighted by molar-refractivity contribution is -0.134. The normalized spacial score (nSPS) is 25.4. The molecule has 114 valence electrons. The first kappa shape index (κ1) is 15.1. The van der Waals surface area contributed by atoms with E-state index in [1.54, 1.807) is 0 Å². The number of hydrogen-bond donors (Lipinski definition) is 2. The standard InChI is InChI=1S/C14H24N2O4/c1-2-16-9-11(20-14(16)19)12(17)13(18)15-8-10-6-4-3-5-7-10/h10-12,17H,2-9H2,1H3,(H,15,18)/t11-,12+/m0/s1. The topological polar surface area (TPSA) is 78.9 Å². The number of likely N-dealkylation sites (N-methyl/N-ethyl adjacent to an activating group) is 1. The third-order valence-electron chi connectivity index (χ3n) is 4.20. The van der Waals surface area contributed by atoms with Gasteiger partial charge in [0.25, 0.3) is 5.91 Å². The summed E-state index contributed by atoms with van der Waals surface area (Å²) >= 11 is 0. The van der Waals surface area contributed by atoms with E-state index in [-0.39, 0.29) is 6.54 Å². The van der Waals surface area contributed by atoms with Gasteiger partial charge in [-0.05, 0) is 25.7 Å². The van der Waals surface area contributed by atoms with Gasteiger partial charge in [-0.1, -0.05) is 19.3 Å². The summed E-state index contributed by atoms with van der Waals surface area (Å²) in [6.45, 7) is 3.23. The fourth-order valence-corrected chi connectivity index (χ4v) is 2.87. The molecule has 0 aromatic carbocycles. The smallest absolute Gasteiger partial charge is 0.410 e. The third-order valence-corrected chi connectivity index (χ3v) is 4.20. The summed E-state index contributed by atoms with van der Waals surface area (Å²) in [5.41, 5.74) is 0. The summed E-state index contributed by atoms with van der Waals surface area (Å²) in [5.74, 6) is 0.0736. The molecule has 6 heteroatoms. The first-order valence-electron chi connectivity index (χ1n) is 7.53. The maximum absolute atomic E-state index is 11.9. The van der Waals surface area contributed by atoms with Crippen molar-refractivity contribution >= 4 is 12.0 Å². The Morgan fingerprint density at radius 1 is 1.45 bits per heavy atom. The molecule has 2 amide bonds. The Kier molecular flexibility index (Phi) is 5.23. The van der Waals surface area contributed by atoms with Gasteiger partial charge in [0.05, 0.1) is 6.54 Å². The molecule has 20 heavy (non-hydrogen) atoms. The van der Waals surface area contributed by atoms with Crippen LogP contribution in [0.5, 0.6) is 0 Å². The number of ether oxygens (including phenoxy) is 1. The van der Waals surface area contributed by atoms with E-state index in [1.165, 1.54) is 24.2 Å². The highest BCUT2D eigenvalue weighted by Gasteiger charge is 2.38. The van der Waals surface area contributed by atoms with Gasteiger partial charge in [0, 0.05) is 13.1 Å². The minimum Gasteiger partial charge on any atom is -0.441 e. The summed E-state index contributed by atoms with van der Waals surface area (Å²) in [6, 6.07) is 0. The van der Waals surface area contributed by atoms with Crippen LogP contribution in [0.1, 0.15) is 39.0 Å². The molecule has 0 spiro atoms. The second-order valence-electron chi connectivity index (χ2n) is 5.65. The molecule has 2 fully saturated rings. The molecule has 0 radical (unpaired) electrons. The Hall–Kier alpha value is -1.30. The van der Waals surface area contributed by atoms with Gasteiger partial charge in [-0.15, -0.1) is 0 Å². The van der Waals surface area contributed by atoms with Gasteiger partial charge in [0.15, 0.2) is 12.2 Å². The number of aliphatic hydroxyl groups excluding tert-OH is 1. The first-order chi connectivity index (χ1) is 9.61. The van der Waals surface area contributed by atoms with Gasteiger partial charge in [0.2, 0.25) is 0 Å². The van der Waals surface area contributed by atoms with Crippen LogP contribution in [0.25, 0.3) is 0 Å². The van der Waals surface area contributed by atoms with Crippen molar-refractivity contribution in [2.45, 2.75) is 51.2 Å². The third kappa shape index (κ3) is 3.62. The molecule has 1 saturated heterocycles. The van der Waals surface area contributed by atoms with Gasteiger partial charge in [-0.3, -0.25) is 4.79 Å². The highest BCUT2D eigenvalue weighted by atomic mass is 16.6. The van der Waals surface area contributed by atoms with Gasteiger partial charge in [-0.2, -0.15) is 0 Å². The van der Waals surface area contributed by atoms with E-state index in [2.05, 4.69) is 5.32 Å². The number of carbonyl (C=O) groups is 2. The van der Waals surface area contributed by atoms with Crippen molar-refractivity contribution in [1.82, 2.24) is 10.2 Å². The van der Waals surface area contributed by atoms with Crippen LogP contribution in [0.2, 0.25) is 0 Å². The maximum Gasteiger partial charge on any atom is 0.410 e. The zero-order chi connectivity index (χ0) is 14.5. The van der Waals surface area contributed by atoms with E-state index < -0.39 is 24.2 Å². The highest BCUT2D eigenvalue weighted by molar-refractivity contribution is 5.82. The molecular weight excluding hydrogens is 260 g/mol. The molecule has 2 rings (SSSR count). The predicted octanol–water partition coefficient (Wildman–Crippen LogP) is 0.884. The lowest BCUT2D eigenvalue weighted by atomic mass is 9.89. The van der Waals surface area contributed by atoms with Crippen LogP contribution in [-0.2, 0) is 9.53 Å². The fourth-order valence-electron chi connectivity index (χ4n) is 2.87. The summed E-state index contributed by atoms with van der Waals surface area (Å²) < 4.78 is 5.02. The van der Waals surface area contributed by atoms with Crippen molar-refractivity contribution < 1.29 is 19.4 Å². The molecule has 2 aliphatic rings. The minimum atomic E-state index is -1.28. The highest BCUT2D eigenvalue weighted by Crippen LogP contribution is 2.23. The molecule has 0 aromatic rings. The Balaban J connectivity index is 1.75. The number of nitrogens with zero attached hydrogens (tertiary/aromatic N) is 1. The maximum atomic E-state index is 11.9. The van der Waals surface area contributed by atoms with Crippen molar-refractivity contribution in [2.24, 2.45) is 5.92 Å².